The van der Waals surface area contributed by atoms with Gasteiger partial charge >= 0.3 is 11.9 Å². The Morgan fingerprint density at radius 2 is 1.76 bits per heavy atom. The van der Waals surface area contributed by atoms with Gasteiger partial charge in [-0.15, -0.1) is 0 Å². The fourth-order valence-electron chi connectivity index (χ4n) is 1.13. The fourth-order valence-corrected chi connectivity index (χ4v) is 1.13. The number of carbonyl (C=O) groups excluding carboxylic acids is 3. The summed E-state index contributed by atoms with van der Waals surface area (Å²) in [4.78, 5) is 33.6. The van der Waals surface area contributed by atoms with Gasteiger partial charge in [0.25, 0.3) is 0 Å². The molecule has 0 aromatic carbocycles. The average Bonchev–Trinajstić information content (AvgIpc) is 2.22. The van der Waals surface area contributed by atoms with E-state index in [0.29, 0.717) is 6.29 Å². The number of rotatable bonds is 5. The molecule has 0 fully saturated rings. The first-order valence-electron chi connectivity index (χ1n) is 5.22. The Bertz CT molecular complexity index is 307. The van der Waals surface area contributed by atoms with Crippen LogP contribution in [0.25, 0.3) is 0 Å². The van der Waals surface area contributed by atoms with Crippen LogP contribution in [0.1, 0.15) is 33.6 Å². The van der Waals surface area contributed by atoms with Crippen molar-refractivity contribution < 1.29 is 23.9 Å². The van der Waals surface area contributed by atoms with Gasteiger partial charge < -0.3 is 20.0 Å². The number of hydrogen-bond acceptors (Lipinski definition) is 6. The Balaban J connectivity index is 4.97. The van der Waals surface area contributed by atoms with Gasteiger partial charge in [-0.2, -0.15) is 0 Å². The van der Waals surface area contributed by atoms with Crippen LogP contribution in [0.2, 0.25) is 0 Å². The van der Waals surface area contributed by atoms with Crippen LogP contribution in [-0.2, 0) is 23.9 Å². The van der Waals surface area contributed by atoms with Crippen LogP contribution < -0.4 is 5.73 Å². The quantitative estimate of drug-likeness (QED) is 0.421. The van der Waals surface area contributed by atoms with E-state index < -0.39 is 23.1 Å². The number of ether oxygens (including phenoxy) is 2. The van der Waals surface area contributed by atoms with Crippen molar-refractivity contribution in [2.45, 2.75) is 44.8 Å². The van der Waals surface area contributed by atoms with Gasteiger partial charge in [0.05, 0.1) is 7.11 Å². The smallest absolute Gasteiger partial charge is 0.338 e. The summed E-state index contributed by atoms with van der Waals surface area (Å²) in [5.74, 6) is -1.80. The van der Waals surface area contributed by atoms with E-state index in [-0.39, 0.29) is 12.8 Å². The Hall–Kier alpha value is -1.43. The summed E-state index contributed by atoms with van der Waals surface area (Å²) >= 11 is 0. The monoisotopic (exact) mass is 245 g/mol. The standard InChI is InChI=1S/C11H19NO5/c1-10(2,3)17-9(15)11(12,6-5-7-13)8(14)16-4/h7H,5-6,12H2,1-4H3. The zero-order chi connectivity index (χ0) is 13.7. The zero-order valence-corrected chi connectivity index (χ0v) is 10.6. The van der Waals surface area contributed by atoms with Crippen molar-refractivity contribution in [2.24, 2.45) is 5.73 Å². The van der Waals surface area contributed by atoms with Crippen LogP contribution in [0.4, 0.5) is 0 Å². The Morgan fingerprint density at radius 1 is 1.24 bits per heavy atom. The summed E-state index contributed by atoms with van der Waals surface area (Å²) < 4.78 is 9.51. The summed E-state index contributed by atoms with van der Waals surface area (Å²) in [6.07, 6.45) is 0.415. The lowest BCUT2D eigenvalue weighted by atomic mass is 9.94. The maximum absolute atomic E-state index is 11.8. The lowest BCUT2D eigenvalue weighted by Crippen LogP contribution is -2.57. The first-order chi connectivity index (χ1) is 7.67. The molecule has 6 nitrogen and oxygen atoms in total. The molecule has 0 aliphatic rings. The van der Waals surface area contributed by atoms with Crippen LogP contribution in [0.3, 0.4) is 0 Å². The predicted molar refractivity (Wildman–Crippen MR) is 60.1 cm³/mol. The second-order valence-corrected chi connectivity index (χ2v) is 4.67. The van der Waals surface area contributed by atoms with Crippen molar-refractivity contribution in [1.29, 1.82) is 0 Å². The van der Waals surface area contributed by atoms with Crippen LogP contribution in [0.15, 0.2) is 0 Å². The molecule has 0 bridgehead atoms. The second kappa shape index (κ2) is 5.77. The van der Waals surface area contributed by atoms with Gasteiger partial charge in [0.2, 0.25) is 5.54 Å². The molecular formula is C11H19NO5. The highest BCUT2D eigenvalue weighted by molar-refractivity contribution is 6.04. The number of nitrogens with two attached hydrogens (primary N) is 1. The van der Waals surface area contributed by atoms with Crippen molar-refractivity contribution in [2.75, 3.05) is 7.11 Å². The molecule has 0 spiro atoms. The van der Waals surface area contributed by atoms with Crippen molar-refractivity contribution in [1.82, 2.24) is 0 Å². The molecule has 0 saturated carbocycles. The van der Waals surface area contributed by atoms with E-state index in [9.17, 15) is 14.4 Å². The molecule has 2 N–H and O–H groups in total. The third-order valence-corrected chi connectivity index (χ3v) is 1.97. The van der Waals surface area contributed by atoms with E-state index in [0.717, 1.165) is 7.11 Å². The molecule has 0 rings (SSSR count). The van der Waals surface area contributed by atoms with Crippen LogP contribution in [0.5, 0.6) is 0 Å². The predicted octanol–water partition coefficient (Wildman–Crippen LogP) is 0.178. The number of carbonyl (C=O) groups is 3. The van der Waals surface area contributed by atoms with Crippen molar-refractivity contribution >= 4 is 18.2 Å². The van der Waals surface area contributed by atoms with E-state index in [2.05, 4.69) is 4.74 Å². The molecular weight excluding hydrogens is 226 g/mol. The SMILES string of the molecule is COC(=O)C(N)(CCC=O)C(=O)OC(C)(C)C. The highest BCUT2D eigenvalue weighted by Crippen LogP contribution is 2.18. The number of methoxy groups -OCH3 is 1. The largest absolute Gasteiger partial charge is 0.467 e. The molecule has 0 aliphatic carbocycles. The molecule has 6 heteroatoms. The van der Waals surface area contributed by atoms with Crippen LogP contribution in [0, 0.1) is 0 Å². The van der Waals surface area contributed by atoms with Gasteiger partial charge in [-0.1, -0.05) is 0 Å². The van der Waals surface area contributed by atoms with E-state index in [4.69, 9.17) is 10.5 Å². The minimum atomic E-state index is -1.93. The lowest BCUT2D eigenvalue weighted by Gasteiger charge is -2.28. The molecule has 0 aromatic rings. The Kier molecular flexibility index (Phi) is 5.28. The van der Waals surface area contributed by atoms with E-state index in [1.807, 2.05) is 0 Å². The maximum atomic E-state index is 11.8. The molecule has 98 valence electrons. The van der Waals surface area contributed by atoms with Crippen LogP contribution in [-0.4, -0.2) is 36.5 Å². The van der Waals surface area contributed by atoms with Crippen molar-refractivity contribution in [3.05, 3.63) is 0 Å². The summed E-state index contributed by atoms with van der Waals surface area (Å²) in [6.45, 7) is 4.97. The molecule has 1 atom stereocenters. The van der Waals surface area contributed by atoms with Gasteiger partial charge in [0, 0.05) is 6.42 Å². The van der Waals surface area contributed by atoms with Crippen LogP contribution >= 0.6 is 0 Å². The highest BCUT2D eigenvalue weighted by atomic mass is 16.6. The lowest BCUT2D eigenvalue weighted by molar-refractivity contribution is -0.170. The zero-order valence-electron chi connectivity index (χ0n) is 10.6. The Morgan fingerprint density at radius 3 is 2.12 bits per heavy atom. The van der Waals surface area contributed by atoms with E-state index >= 15 is 0 Å². The third kappa shape index (κ3) is 4.52. The molecule has 0 saturated heterocycles. The summed E-state index contributed by atoms with van der Waals surface area (Å²) in [6, 6.07) is 0. The number of aldehydes is 1. The molecule has 0 aromatic heterocycles. The highest BCUT2D eigenvalue weighted by Gasteiger charge is 2.45. The number of esters is 2. The first kappa shape index (κ1) is 15.6. The van der Waals surface area contributed by atoms with E-state index in [1.54, 1.807) is 20.8 Å². The average molecular weight is 245 g/mol. The maximum Gasteiger partial charge on any atom is 0.338 e. The number of hydrogen-bond donors (Lipinski definition) is 1. The van der Waals surface area contributed by atoms with Gasteiger partial charge in [0.1, 0.15) is 11.9 Å². The molecule has 0 aliphatic heterocycles. The molecule has 0 heterocycles. The van der Waals surface area contributed by atoms with Gasteiger partial charge in [-0.25, -0.2) is 9.59 Å². The van der Waals surface area contributed by atoms with Gasteiger partial charge in [-0.05, 0) is 27.2 Å². The second-order valence-electron chi connectivity index (χ2n) is 4.67. The molecule has 0 amide bonds. The van der Waals surface area contributed by atoms with Gasteiger partial charge in [0.15, 0.2) is 0 Å². The van der Waals surface area contributed by atoms with Crippen molar-refractivity contribution in [3.63, 3.8) is 0 Å². The Labute approximate surface area is 100 Å². The molecule has 17 heavy (non-hydrogen) atoms. The molecule has 1 unspecified atom stereocenters. The van der Waals surface area contributed by atoms with Crippen molar-refractivity contribution in [3.8, 4) is 0 Å². The minimum absolute atomic E-state index is 0.0230. The summed E-state index contributed by atoms with van der Waals surface area (Å²) in [5, 5.41) is 0. The summed E-state index contributed by atoms with van der Waals surface area (Å²) in [7, 11) is 1.12. The summed E-state index contributed by atoms with van der Waals surface area (Å²) in [5.41, 5.74) is 2.99. The topological polar surface area (TPSA) is 95.7 Å². The minimum Gasteiger partial charge on any atom is -0.467 e. The van der Waals surface area contributed by atoms with E-state index in [1.165, 1.54) is 0 Å². The third-order valence-electron chi connectivity index (χ3n) is 1.97. The normalized spacial score (nSPS) is 14.6. The first-order valence-corrected chi connectivity index (χ1v) is 5.22. The van der Waals surface area contributed by atoms with Gasteiger partial charge in [-0.3, -0.25) is 0 Å². The fraction of sp³-hybridized carbons (Fsp3) is 0.727. The molecule has 0 radical (unpaired) electrons.